The molecular weight excluding hydrogens is 250 g/mol. The van der Waals surface area contributed by atoms with Crippen molar-refractivity contribution in [2.45, 2.75) is 50.5 Å². The minimum Gasteiger partial charge on any atom is -0.332 e. The van der Waals surface area contributed by atoms with Gasteiger partial charge in [-0.25, -0.2) is 13.4 Å². The first-order chi connectivity index (χ1) is 8.64. The molecule has 2 rings (SSSR count). The van der Waals surface area contributed by atoms with E-state index in [0.29, 0.717) is 13.1 Å². The molecule has 0 aromatic carbocycles. The largest absolute Gasteiger partial charge is 0.332 e. The molecule has 102 valence electrons. The van der Waals surface area contributed by atoms with Crippen molar-refractivity contribution in [1.29, 1.82) is 0 Å². The molecule has 6 heteroatoms. The van der Waals surface area contributed by atoms with Crippen molar-refractivity contribution in [2.75, 3.05) is 13.1 Å². The minimum atomic E-state index is -3.38. The van der Waals surface area contributed by atoms with Crippen LogP contribution in [0.4, 0.5) is 0 Å². The Balaban J connectivity index is 2.17. The monoisotopic (exact) mass is 271 g/mol. The summed E-state index contributed by atoms with van der Waals surface area (Å²) >= 11 is 0. The Morgan fingerprint density at radius 3 is 2.39 bits per heavy atom. The first kappa shape index (κ1) is 13.5. The van der Waals surface area contributed by atoms with Gasteiger partial charge in [0.2, 0.25) is 0 Å². The van der Waals surface area contributed by atoms with Crippen LogP contribution in [0.1, 0.15) is 44.9 Å². The van der Waals surface area contributed by atoms with E-state index in [-0.39, 0.29) is 5.03 Å². The Bertz CT molecular complexity index is 473. The van der Waals surface area contributed by atoms with Gasteiger partial charge in [-0.2, -0.15) is 4.31 Å². The second-order valence-electron chi connectivity index (χ2n) is 4.72. The van der Waals surface area contributed by atoms with Gasteiger partial charge >= 0.3 is 0 Å². The van der Waals surface area contributed by atoms with Gasteiger partial charge in [0, 0.05) is 19.5 Å². The lowest BCUT2D eigenvalue weighted by Crippen LogP contribution is -2.34. The molecule has 0 aliphatic carbocycles. The van der Waals surface area contributed by atoms with Crippen molar-refractivity contribution >= 4 is 10.0 Å². The van der Waals surface area contributed by atoms with E-state index in [2.05, 4.69) is 9.97 Å². The van der Waals surface area contributed by atoms with Crippen LogP contribution >= 0.6 is 0 Å². The molecule has 1 N–H and O–H groups in total. The topological polar surface area (TPSA) is 66.1 Å². The van der Waals surface area contributed by atoms with Gasteiger partial charge in [-0.05, 0) is 12.8 Å². The van der Waals surface area contributed by atoms with Crippen LogP contribution in [0.3, 0.4) is 0 Å². The molecule has 1 aromatic heterocycles. The predicted octanol–water partition coefficient (Wildman–Crippen LogP) is 1.93. The number of nitrogens with one attached hydrogen (secondary N) is 1. The molecule has 1 saturated heterocycles. The summed E-state index contributed by atoms with van der Waals surface area (Å²) in [7, 11) is -3.38. The van der Waals surface area contributed by atoms with Gasteiger partial charge in [0.15, 0.2) is 5.03 Å². The van der Waals surface area contributed by atoms with Crippen LogP contribution in [-0.4, -0.2) is 35.8 Å². The van der Waals surface area contributed by atoms with E-state index >= 15 is 0 Å². The molecule has 18 heavy (non-hydrogen) atoms. The number of aryl methyl sites for hydroxylation is 1. The molecule has 0 radical (unpaired) electrons. The number of sulfonamides is 1. The number of hydrogen-bond donors (Lipinski definition) is 1. The van der Waals surface area contributed by atoms with Crippen LogP contribution in [0.5, 0.6) is 0 Å². The first-order valence-electron chi connectivity index (χ1n) is 6.68. The molecule has 1 fully saturated rings. The fourth-order valence-electron chi connectivity index (χ4n) is 2.25. The number of aromatic amines is 1. The average molecular weight is 271 g/mol. The molecule has 0 saturated carbocycles. The van der Waals surface area contributed by atoms with Crippen molar-refractivity contribution < 1.29 is 8.42 Å². The fourth-order valence-corrected chi connectivity index (χ4v) is 3.70. The van der Waals surface area contributed by atoms with Gasteiger partial charge in [0.1, 0.15) is 5.82 Å². The van der Waals surface area contributed by atoms with Gasteiger partial charge in [-0.1, -0.05) is 26.2 Å². The maximum Gasteiger partial charge on any atom is 0.260 e. The van der Waals surface area contributed by atoms with Gasteiger partial charge in [-0.15, -0.1) is 0 Å². The van der Waals surface area contributed by atoms with Crippen LogP contribution in [0, 0.1) is 0 Å². The summed E-state index contributed by atoms with van der Waals surface area (Å²) in [5.74, 6) is 0.723. The highest BCUT2D eigenvalue weighted by Gasteiger charge is 2.26. The molecule has 0 unspecified atom stereocenters. The molecule has 0 amide bonds. The molecular formula is C12H21N3O2S. The van der Waals surface area contributed by atoms with E-state index in [9.17, 15) is 8.42 Å². The fraction of sp³-hybridized carbons (Fsp3) is 0.750. The second kappa shape index (κ2) is 5.84. The van der Waals surface area contributed by atoms with Crippen LogP contribution in [0.25, 0.3) is 0 Å². The maximum absolute atomic E-state index is 12.4. The minimum absolute atomic E-state index is 0.236. The SMILES string of the molecule is CCc1ncc(S(=O)(=O)N2CCCCCCC2)[nH]1. The highest BCUT2D eigenvalue weighted by molar-refractivity contribution is 7.89. The first-order valence-corrected chi connectivity index (χ1v) is 8.12. The van der Waals surface area contributed by atoms with E-state index in [1.165, 1.54) is 12.6 Å². The molecule has 2 heterocycles. The summed E-state index contributed by atoms with van der Waals surface area (Å²) in [6, 6.07) is 0. The summed E-state index contributed by atoms with van der Waals surface area (Å²) in [6.07, 6.45) is 7.52. The lowest BCUT2D eigenvalue weighted by atomic mass is 10.1. The normalized spacial score (nSPS) is 19.4. The Morgan fingerprint density at radius 2 is 1.83 bits per heavy atom. The average Bonchev–Trinajstić information content (AvgIpc) is 2.76. The molecule has 1 aliphatic rings. The number of nitrogens with zero attached hydrogens (tertiary/aromatic N) is 2. The zero-order valence-electron chi connectivity index (χ0n) is 10.9. The smallest absolute Gasteiger partial charge is 0.260 e. The van der Waals surface area contributed by atoms with E-state index in [4.69, 9.17) is 0 Å². The van der Waals surface area contributed by atoms with Gasteiger partial charge in [0.25, 0.3) is 10.0 Å². The van der Waals surface area contributed by atoms with Crippen LogP contribution < -0.4 is 0 Å². The van der Waals surface area contributed by atoms with E-state index < -0.39 is 10.0 Å². The molecule has 5 nitrogen and oxygen atoms in total. The van der Waals surface area contributed by atoms with Crippen molar-refractivity contribution in [1.82, 2.24) is 14.3 Å². The van der Waals surface area contributed by atoms with Crippen molar-refractivity contribution in [3.8, 4) is 0 Å². The van der Waals surface area contributed by atoms with Crippen molar-refractivity contribution in [3.63, 3.8) is 0 Å². The standard InChI is InChI=1S/C12H21N3O2S/c1-2-11-13-10-12(14-11)18(16,17)15-8-6-4-3-5-7-9-15/h10H,2-9H2,1H3,(H,13,14). The van der Waals surface area contributed by atoms with Crippen molar-refractivity contribution in [2.24, 2.45) is 0 Å². The van der Waals surface area contributed by atoms with Gasteiger partial charge in [0.05, 0.1) is 6.20 Å². The quantitative estimate of drug-likeness (QED) is 0.913. The van der Waals surface area contributed by atoms with Gasteiger partial charge < -0.3 is 4.98 Å². The van der Waals surface area contributed by atoms with Crippen molar-refractivity contribution in [3.05, 3.63) is 12.0 Å². The zero-order valence-corrected chi connectivity index (χ0v) is 11.7. The molecule has 0 bridgehead atoms. The summed E-state index contributed by atoms with van der Waals surface area (Å²) in [5, 5.41) is 0.236. The summed E-state index contributed by atoms with van der Waals surface area (Å²) in [6.45, 7) is 3.21. The Kier molecular flexibility index (Phi) is 4.40. The number of imidazole rings is 1. The third-order valence-electron chi connectivity index (χ3n) is 3.37. The summed E-state index contributed by atoms with van der Waals surface area (Å²) in [5.41, 5.74) is 0. The Hall–Kier alpha value is -0.880. The number of rotatable bonds is 3. The maximum atomic E-state index is 12.4. The van der Waals surface area contributed by atoms with Crippen LogP contribution in [-0.2, 0) is 16.4 Å². The summed E-state index contributed by atoms with van der Waals surface area (Å²) < 4.78 is 26.5. The van der Waals surface area contributed by atoms with E-state index in [0.717, 1.165) is 37.9 Å². The molecule has 0 atom stereocenters. The number of H-pyrrole nitrogens is 1. The van der Waals surface area contributed by atoms with Crippen LogP contribution in [0.2, 0.25) is 0 Å². The molecule has 1 aliphatic heterocycles. The lowest BCUT2D eigenvalue weighted by molar-refractivity contribution is 0.363. The lowest BCUT2D eigenvalue weighted by Gasteiger charge is -2.23. The molecule has 1 aromatic rings. The molecule has 0 spiro atoms. The summed E-state index contributed by atoms with van der Waals surface area (Å²) in [4.78, 5) is 6.97. The third kappa shape index (κ3) is 2.92. The Labute approximate surface area is 109 Å². The van der Waals surface area contributed by atoms with E-state index in [1.54, 1.807) is 4.31 Å². The zero-order chi connectivity index (χ0) is 13.0. The number of hydrogen-bond acceptors (Lipinski definition) is 3. The van der Waals surface area contributed by atoms with Crippen LogP contribution in [0.15, 0.2) is 11.2 Å². The number of aromatic nitrogens is 2. The third-order valence-corrected chi connectivity index (χ3v) is 5.18. The predicted molar refractivity (Wildman–Crippen MR) is 69.8 cm³/mol. The van der Waals surface area contributed by atoms with E-state index in [1.807, 2.05) is 6.92 Å². The Morgan fingerprint density at radius 1 is 1.22 bits per heavy atom. The second-order valence-corrected chi connectivity index (χ2v) is 6.63. The van der Waals surface area contributed by atoms with Gasteiger partial charge in [-0.3, -0.25) is 0 Å². The highest BCUT2D eigenvalue weighted by Crippen LogP contribution is 2.18. The highest BCUT2D eigenvalue weighted by atomic mass is 32.2.